The fourth-order valence-corrected chi connectivity index (χ4v) is 6.64. The van der Waals surface area contributed by atoms with Crippen molar-refractivity contribution >= 4 is 23.2 Å². The van der Waals surface area contributed by atoms with Crippen LogP contribution in [0.5, 0.6) is 5.75 Å². The standard InChI is InChI=1S/C24H26ClNO2/c1-28-22-7-2-18(11-21(22)25)23(27)26-20-5-3-19(4-6-20)24-12-15-8-16(13-24)10-17(9-15)14-24/h2-7,11,15-17H,8-10,12-14H2,1H3,(H,26,27). The van der Waals surface area contributed by atoms with E-state index in [2.05, 4.69) is 29.6 Å². The minimum Gasteiger partial charge on any atom is -0.495 e. The highest BCUT2D eigenvalue weighted by molar-refractivity contribution is 6.32. The van der Waals surface area contributed by atoms with Crippen LogP contribution in [-0.4, -0.2) is 13.0 Å². The second-order valence-electron chi connectivity index (χ2n) is 9.08. The predicted octanol–water partition coefficient (Wildman–Crippen LogP) is 6.07. The molecule has 28 heavy (non-hydrogen) atoms. The molecule has 0 aliphatic heterocycles. The van der Waals surface area contributed by atoms with Crippen LogP contribution in [0.3, 0.4) is 0 Å². The summed E-state index contributed by atoms with van der Waals surface area (Å²) in [7, 11) is 1.56. The van der Waals surface area contributed by atoms with Crippen LogP contribution in [0.15, 0.2) is 42.5 Å². The Labute approximate surface area is 171 Å². The molecule has 0 aromatic heterocycles. The average Bonchev–Trinajstić information content (AvgIpc) is 2.67. The highest BCUT2D eigenvalue weighted by atomic mass is 35.5. The summed E-state index contributed by atoms with van der Waals surface area (Å²) >= 11 is 6.14. The molecule has 0 spiro atoms. The highest BCUT2D eigenvalue weighted by Crippen LogP contribution is 2.60. The van der Waals surface area contributed by atoms with Crippen LogP contribution in [0.25, 0.3) is 0 Å². The van der Waals surface area contributed by atoms with Gasteiger partial charge in [0.1, 0.15) is 5.75 Å². The van der Waals surface area contributed by atoms with E-state index in [4.69, 9.17) is 16.3 Å². The van der Waals surface area contributed by atoms with Gasteiger partial charge in [0.05, 0.1) is 12.1 Å². The zero-order chi connectivity index (χ0) is 19.3. The Morgan fingerprint density at radius 1 is 1.00 bits per heavy atom. The number of amides is 1. The molecule has 1 amide bonds. The molecule has 6 rings (SSSR count). The Morgan fingerprint density at radius 3 is 2.14 bits per heavy atom. The molecule has 4 aliphatic carbocycles. The number of carbonyl (C=O) groups is 1. The second-order valence-corrected chi connectivity index (χ2v) is 9.49. The first-order chi connectivity index (χ1) is 13.5. The van der Waals surface area contributed by atoms with E-state index >= 15 is 0 Å². The van der Waals surface area contributed by atoms with Crippen LogP contribution < -0.4 is 10.1 Å². The molecule has 2 aromatic rings. The van der Waals surface area contributed by atoms with Crippen LogP contribution in [0.4, 0.5) is 5.69 Å². The van der Waals surface area contributed by atoms with Gasteiger partial charge in [0.15, 0.2) is 0 Å². The minimum absolute atomic E-state index is 0.160. The zero-order valence-electron chi connectivity index (χ0n) is 16.2. The van der Waals surface area contributed by atoms with Gasteiger partial charge < -0.3 is 10.1 Å². The first-order valence-corrected chi connectivity index (χ1v) is 10.7. The van der Waals surface area contributed by atoms with Crippen molar-refractivity contribution in [1.82, 2.24) is 0 Å². The summed E-state index contributed by atoms with van der Waals surface area (Å²) in [5.41, 5.74) is 3.21. The molecule has 0 heterocycles. The molecule has 0 saturated heterocycles. The lowest BCUT2D eigenvalue weighted by atomic mass is 9.48. The first-order valence-electron chi connectivity index (χ1n) is 10.3. The van der Waals surface area contributed by atoms with Crippen molar-refractivity contribution in [2.75, 3.05) is 12.4 Å². The Kier molecular flexibility index (Phi) is 4.39. The topological polar surface area (TPSA) is 38.3 Å². The Hall–Kier alpha value is -2.00. The molecule has 146 valence electrons. The molecule has 1 N–H and O–H groups in total. The highest BCUT2D eigenvalue weighted by Gasteiger charge is 2.51. The zero-order valence-corrected chi connectivity index (χ0v) is 17.0. The van der Waals surface area contributed by atoms with E-state index in [1.807, 2.05) is 0 Å². The largest absolute Gasteiger partial charge is 0.495 e. The molecular formula is C24H26ClNO2. The van der Waals surface area contributed by atoms with Crippen molar-refractivity contribution < 1.29 is 9.53 Å². The number of benzene rings is 2. The van der Waals surface area contributed by atoms with Gasteiger partial charge in [0.25, 0.3) is 5.91 Å². The number of rotatable bonds is 4. The van der Waals surface area contributed by atoms with E-state index < -0.39 is 0 Å². The average molecular weight is 396 g/mol. The first kappa shape index (κ1) is 18.1. The lowest BCUT2D eigenvalue weighted by Crippen LogP contribution is -2.48. The van der Waals surface area contributed by atoms with E-state index in [1.54, 1.807) is 25.3 Å². The SMILES string of the molecule is COc1ccc(C(=O)Nc2ccc(C34CC5CC(CC(C5)C3)C4)cc2)cc1Cl. The Bertz CT molecular complexity index is 870. The van der Waals surface area contributed by atoms with Gasteiger partial charge in [0, 0.05) is 11.3 Å². The van der Waals surface area contributed by atoms with Gasteiger partial charge in [-0.3, -0.25) is 4.79 Å². The van der Waals surface area contributed by atoms with Gasteiger partial charge in [-0.1, -0.05) is 23.7 Å². The van der Waals surface area contributed by atoms with Gasteiger partial charge in [-0.2, -0.15) is 0 Å². The molecule has 0 atom stereocenters. The maximum atomic E-state index is 12.6. The molecular weight excluding hydrogens is 370 g/mol. The van der Waals surface area contributed by atoms with E-state index in [9.17, 15) is 4.79 Å². The van der Waals surface area contributed by atoms with Gasteiger partial charge in [-0.15, -0.1) is 0 Å². The van der Waals surface area contributed by atoms with Crippen molar-refractivity contribution in [3.63, 3.8) is 0 Å². The van der Waals surface area contributed by atoms with Gasteiger partial charge in [-0.05, 0) is 97.6 Å². The summed E-state index contributed by atoms with van der Waals surface area (Å²) in [5.74, 6) is 3.21. The van der Waals surface area contributed by atoms with Crippen LogP contribution >= 0.6 is 11.6 Å². The summed E-state index contributed by atoms with van der Waals surface area (Å²) in [5, 5.41) is 3.42. The number of methoxy groups -OCH3 is 1. The number of nitrogens with one attached hydrogen (secondary N) is 1. The third-order valence-electron chi connectivity index (χ3n) is 7.21. The lowest BCUT2D eigenvalue weighted by molar-refractivity contribution is -0.00518. The van der Waals surface area contributed by atoms with Crippen molar-refractivity contribution in [1.29, 1.82) is 0 Å². The van der Waals surface area contributed by atoms with E-state index in [0.29, 0.717) is 21.8 Å². The van der Waals surface area contributed by atoms with Crippen molar-refractivity contribution in [2.24, 2.45) is 17.8 Å². The van der Waals surface area contributed by atoms with Crippen LogP contribution in [0.1, 0.15) is 54.4 Å². The maximum Gasteiger partial charge on any atom is 0.255 e. The molecule has 2 aromatic carbocycles. The van der Waals surface area contributed by atoms with E-state index in [0.717, 1.165) is 23.4 Å². The molecule has 4 fully saturated rings. The fourth-order valence-electron chi connectivity index (χ4n) is 6.38. The van der Waals surface area contributed by atoms with Gasteiger partial charge >= 0.3 is 0 Å². The molecule has 0 unspecified atom stereocenters. The minimum atomic E-state index is -0.160. The maximum absolute atomic E-state index is 12.6. The van der Waals surface area contributed by atoms with Crippen molar-refractivity contribution in [2.45, 2.75) is 43.9 Å². The van der Waals surface area contributed by atoms with Crippen LogP contribution in [0.2, 0.25) is 5.02 Å². The van der Waals surface area contributed by atoms with E-state index in [1.165, 1.54) is 44.1 Å². The van der Waals surface area contributed by atoms with E-state index in [-0.39, 0.29) is 5.91 Å². The molecule has 4 aliphatic rings. The van der Waals surface area contributed by atoms with Crippen LogP contribution in [-0.2, 0) is 5.41 Å². The number of carbonyl (C=O) groups excluding carboxylic acids is 1. The Balaban J connectivity index is 1.32. The lowest BCUT2D eigenvalue weighted by Gasteiger charge is -2.57. The number of halogens is 1. The molecule has 4 saturated carbocycles. The Morgan fingerprint density at radius 2 is 1.61 bits per heavy atom. The third kappa shape index (κ3) is 3.10. The summed E-state index contributed by atoms with van der Waals surface area (Å²) < 4.78 is 5.15. The summed E-state index contributed by atoms with van der Waals surface area (Å²) in [6, 6.07) is 13.7. The molecule has 4 heteroatoms. The number of hydrogen-bond donors (Lipinski definition) is 1. The summed E-state index contributed by atoms with van der Waals surface area (Å²) in [6.07, 6.45) is 8.44. The fraction of sp³-hybridized carbons (Fsp3) is 0.458. The van der Waals surface area contributed by atoms with Crippen LogP contribution in [0, 0.1) is 17.8 Å². The second kappa shape index (κ2) is 6.81. The third-order valence-corrected chi connectivity index (χ3v) is 7.50. The summed E-state index contributed by atoms with van der Waals surface area (Å²) in [6.45, 7) is 0. The summed E-state index contributed by atoms with van der Waals surface area (Å²) in [4.78, 5) is 12.6. The van der Waals surface area contributed by atoms with Crippen molar-refractivity contribution in [3.05, 3.63) is 58.6 Å². The van der Waals surface area contributed by atoms with Crippen molar-refractivity contribution in [3.8, 4) is 5.75 Å². The molecule has 4 bridgehead atoms. The monoisotopic (exact) mass is 395 g/mol. The van der Waals surface area contributed by atoms with Gasteiger partial charge in [-0.25, -0.2) is 0 Å². The number of ether oxygens (including phenoxy) is 1. The quantitative estimate of drug-likeness (QED) is 0.682. The number of anilines is 1. The normalized spacial score (nSPS) is 30.3. The predicted molar refractivity (Wildman–Crippen MR) is 112 cm³/mol. The number of hydrogen-bond acceptors (Lipinski definition) is 2. The smallest absolute Gasteiger partial charge is 0.255 e. The molecule has 0 radical (unpaired) electrons. The molecule has 3 nitrogen and oxygen atoms in total. The van der Waals surface area contributed by atoms with Gasteiger partial charge in [0.2, 0.25) is 0 Å².